The van der Waals surface area contributed by atoms with Crippen LogP contribution in [0.4, 0.5) is 0 Å². The smallest absolute Gasteiger partial charge is 0.173 e. The van der Waals surface area contributed by atoms with Gasteiger partial charge in [-0.15, -0.1) is 0 Å². The molecule has 1 nitrogen and oxygen atoms in total. The Kier molecular flexibility index (Phi) is 11.7. The highest BCUT2D eigenvalue weighted by Crippen LogP contribution is 2.25. The summed E-state index contributed by atoms with van der Waals surface area (Å²) in [6, 6.07) is 18.2. The van der Waals surface area contributed by atoms with Crippen molar-refractivity contribution in [1.82, 2.24) is 0 Å². The molecule has 0 saturated heterocycles. The second kappa shape index (κ2) is 14.5. The van der Waals surface area contributed by atoms with Crippen LogP contribution >= 0.6 is 11.8 Å². The Balaban J connectivity index is 1.60. The number of carbonyl (C=O) groups excluding carboxylic acids is 1. The van der Waals surface area contributed by atoms with E-state index in [1.54, 1.807) is 11.8 Å². The number of ketones is 1. The molecule has 2 aromatic carbocycles. The number of hydrogen-bond acceptors (Lipinski definition) is 2. The molecule has 0 N–H and O–H groups in total. The minimum absolute atomic E-state index is 0.247. The third-order valence-corrected chi connectivity index (χ3v) is 6.23. The molecular formula is C26H36OS. The summed E-state index contributed by atoms with van der Waals surface area (Å²) in [5.41, 5.74) is 3.02. The quantitative estimate of drug-likeness (QED) is 0.223. The predicted octanol–water partition coefficient (Wildman–Crippen LogP) is 8.19. The van der Waals surface area contributed by atoms with E-state index in [-0.39, 0.29) is 5.78 Å². The van der Waals surface area contributed by atoms with Gasteiger partial charge in [0.1, 0.15) is 0 Å². The monoisotopic (exact) mass is 396 g/mol. The van der Waals surface area contributed by atoms with E-state index in [0.717, 1.165) is 22.4 Å². The molecule has 0 aliphatic heterocycles. The first kappa shape index (κ1) is 22.7. The molecule has 2 heteroatoms. The van der Waals surface area contributed by atoms with E-state index >= 15 is 0 Å². The lowest BCUT2D eigenvalue weighted by atomic mass is 9.98. The lowest BCUT2D eigenvalue weighted by Gasteiger charge is -2.09. The molecule has 0 radical (unpaired) electrons. The fourth-order valence-corrected chi connectivity index (χ4v) is 4.42. The molecule has 28 heavy (non-hydrogen) atoms. The third kappa shape index (κ3) is 8.65. The summed E-state index contributed by atoms with van der Waals surface area (Å²) < 4.78 is 0. The molecule has 0 aliphatic carbocycles. The Morgan fingerprint density at radius 3 is 1.96 bits per heavy atom. The molecule has 0 heterocycles. The van der Waals surface area contributed by atoms with Gasteiger partial charge in [0.25, 0.3) is 0 Å². The Morgan fingerprint density at radius 1 is 0.714 bits per heavy atom. The highest BCUT2D eigenvalue weighted by molar-refractivity contribution is 7.99. The normalized spacial score (nSPS) is 10.9. The number of thioether (sulfide) groups is 1. The van der Waals surface area contributed by atoms with Gasteiger partial charge in [0.15, 0.2) is 5.78 Å². The third-order valence-electron chi connectivity index (χ3n) is 5.19. The Morgan fingerprint density at radius 2 is 1.29 bits per heavy atom. The Bertz CT molecular complexity index is 665. The summed E-state index contributed by atoms with van der Waals surface area (Å²) in [5, 5.41) is 0. The van der Waals surface area contributed by atoms with Gasteiger partial charge in [-0.2, -0.15) is 11.8 Å². The first-order valence-corrected chi connectivity index (χ1v) is 12.2. The molecule has 0 aliphatic rings. The summed E-state index contributed by atoms with van der Waals surface area (Å²) in [7, 11) is 0. The van der Waals surface area contributed by atoms with Gasteiger partial charge < -0.3 is 0 Å². The SMILES string of the molecule is CCCCCCCCCCCCSCC(=O)c1ccccc1-c1ccccc1. The minimum Gasteiger partial charge on any atom is -0.293 e. The molecule has 0 saturated carbocycles. The maximum absolute atomic E-state index is 12.7. The van der Waals surface area contributed by atoms with Crippen molar-refractivity contribution in [2.75, 3.05) is 11.5 Å². The van der Waals surface area contributed by atoms with E-state index in [1.165, 1.54) is 64.2 Å². The molecule has 0 fully saturated rings. The zero-order valence-corrected chi connectivity index (χ0v) is 18.3. The van der Waals surface area contributed by atoms with Crippen LogP contribution in [0, 0.1) is 0 Å². The van der Waals surface area contributed by atoms with E-state index < -0.39 is 0 Å². The molecular weight excluding hydrogens is 360 g/mol. The van der Waals surface area contributed by atoms with Crippen LogP contribution in [0.1, 0.15) is 81.5 Å². The van der Waals surface area contributed by atoms with Crippen LogP contribution < -0.4 is 0 Å². The second-order valence-corrected chi connectivity index (χ2v) is 8.67. The number of carbonyl (C=O) groups is 1. The van der Waals surface area contributed by atoms with Gasteiger partial charge in [0.05, 0.1) is 5.75 Å². The summed E-state index contributed by atoms with van der Waals surface area (Å²) in [5.74, 6) is 1.92. The predicted molar refractivity (Wildman–Crippen MR) is 125 cm³/mol. The van der Waals surface area contributed by atoms with Crippen molar-refractivity contribution in [3.8, 4) is 11.1 Å². The van der Waals surface area contributed by atoms with Gasteiger partial charge in [-0.05, 0) is 23.3 Å². The summed E-state index contributed by atoms with van der Waals surface area (Å²) >= 11 is 1.79. The van der Waals surface area contributed by atoms with Crippen LogP contribution in [0.2, 0.25) is 0 Å². The average Bonchev–Trinajstić information content (AvgIpc) is 2.75. The van der Waals surface area contributed by atoms with Crippen molar-refractivity contribution in [1.29, 1.82) is 0 Å². The lowest BCUT2D eigenvalue weighted by molar-refractivity contribution is 0.102. The Hall–Kier alpha value is -1.54. The molecule has 2 aromatic rings. The number of rotatable bonds is 15. The van der Waals surface area contributed by atoms with Crippen molar-refractivity contribution >= 4 is 17.5 Å². The molecule has 2 rings (SSSR count). The zero-order valence-electron chi connectivity index (χ0n) is 17.5. The minimum atomic E-state index is 0.247. The maximum Gasteiger partial charge on any atom is 0.173 e. The number of hydrogen-bond donors (Lipinski definition) is 0. The molecule has 0 aromatic heterocycles. The summed E-state index contributed by atoms with van der Waals surface area (Å²) in [4.78, 5) is 12.7. The first-order valence-electron chi connectivity index (χ1n) is 11.1. The second-order valence-electron chi connectivity index (χ2n) is 7.57. The van der Waals surface area contributed by atoms with Gasteiger partial charge >= 0.3 is 0 Å². The zero-order chi connectivity index (χ0) is 19.9. The van der Waals surface area contributed by atoms with Gasteiger partial charge in [-0.1, -0.05) is 119 Å². The molecule has 0 unspecified atom stereocenters. The van der Waals surface area contributed by atoms with Crippen molar-refractivity contribution in [2.24, 2.45) is 0 Å². The van der Waals surface area contributed by atoms with Crippen molar-refractivity contribution in [3.63, 3.8) is 0 Å². The fraction of sp³-hybridized carbons (Fsp3) is 0.500. The number of benzene rings is 2. The van der Waals surface area contributed by atoms with Crippen molar-refractivity contribution in [3.05, 3.63) is 60.2 Å². The van der Waals surface area contributed by atoms with E-state index in [1.807, 2.05) is 36.4 Å². The molecule has 0 spiro atoms. The van der Waals surface area contributed by atoms with Crippen molar-refractivity contribution < 1.29 is 4.79 Å². The van der Waals surface area contributed by atoms with Crippen LogP contribution in [-0.2, 0) is 0 Å². The van der Waals surface area contributed by atoms with Crippen LogP contribution in [0.3, 0.4) is 0 Å². The molecule has 0 amide bonds. The Labute approximate surface area is 176 Å². The average molecular weight is 397 g/mol. The van der Waals surface area contributed by atoms with Gasteiger partial charge in [0, 0.05) is 5.56 Å². The van der Waals surface area contributed by atoms with E-state index in [9.17, 15) is 4.79 Å². The molecule has 0 bridgehead atoms. The largest absolute Gasteiger partial charge is 0.293 e. The fourth-order valence-electron chi connectivity index (χ4n) is 3.53. The highest BCUT2D eigenvalue weighted by atomic mass is 32.2. The van der Waals surface area contributed by atoms with Crippen molar-refractivity contribution in [2.45, 2.75) is 71.1 Å². The number of unbranched alkanes of at least 4 members (excludes halogenated alkanes) is 9. The maximum atomic E-state index is 12.7. The molecule has 0 atom stereocenters. The van der Waals surface area contributed by atoms with Gasteiger partial charge in [-0.25, -0.2) is 0 Å². The molecule has 152 valence electrons. The van der Waals surface area contributed by atoms with Crippen LogP contribution in [0.5, 0.6) is 0 Å². The summed E-state index contributed by atoms with van der Waals surface area (Å²) in [6.07, 6.45) is 13.6. The highest BCUT2D eigenvalue weighted by Gasteiger charge is 2.12. The summed E-state index contributed by atoms with van der Waals surface area (Å²) in [6.45, 7) is 2.27. The van der Waals surface area contributed by atoms with Crippen LogP contribution in [0.25, 0.3) is 11.1 Å². The van der Waals surface area contributed by atoms with E-state index in [4.69, 9.17) is 0 Å². The number of Topliss-reactive ketones (excluding diaryl/α,β-unsaturated/α-hetero) is 1. The first-order chi connectivity index (χ1) is 13.8. The standard InChI is InChI=1S/C26H36OS/c1-2-3-4-5-6-7-8-9-10-16-21-28-22-26(27)25-20-15-14-19-24(25)23-17-12-11-13-18-23/h11-15,17-20H,2-10,16,21-22H2,1H3. The topological polar surface area (TPSA) is 17.1 Å². The lowest BCUT2D eigenvalue weighted by Crippen LogP contribution is -2.05. The van der Waals surface area contributed by atoms with Crippen LogP contribution in [0.15, 0.2) is 54.6 Å². The van der Waals surface area contributed by atoms with E-state index in [0.29, 0.717) is 5.75 Å². The van der Waals surface area contributed by atoms with Crippen LogP contribution in [-0.4, -0.2) is 17.3 Å². The van der Waals surface area contributed by atoms with Gasteiger partial charge in [-0.3, -0.25) is 4.79 Å². The van der Waals surface area contributed by atoms with E-state index in [2.05, 4.69) is 25.1 Å². The van der Waals surface area contributed by atoms with Gasteiger partial charge in [0.2, 0.25) is 0 Å².